The second-order valence-electron chi connectivity index (χ2n) is 4.20. The lowest BCUT2D eigenvalue weighted by molar-refractivity contribution is 0.456. The highest BCUT2D eigenvalue weighted by molar-refractivity contribution is 5.48. The molecule has 0 saturated heterocycles. The standard InChI is InChI=1S/C14H14FN5O/c1-2-6-18-12-7-13(20-14(17)19-12)21-11-5-3-4-10(15)9(11)8-16/h3-5,7H,2,6H2,1H3,(H3,17,18,19,20). The molecule has 0 aliphatic carbocycles. The minimum atomic E-state index is -0.652. The van der Waals surface area contributed by atoms with E-state index in [-0.39, 0.29) is 23.1 Å². The fourth-order valence-electron chi connectivity index (χ4n) is 1.65. The van der Waals surface area contributed by atoms with E-state index >= 15 is 0 Å². The predicted molar refractivity (Wildman–Crippen MR) is 76.4 cm³/mol. The Bertz CT molecular complexity index is 684. The fourth-order valence-corrected chi connectivity index (χ4v) is 1.65. The maximum atomic E-state index is 13.5. The van der Waals surface area contributed by atoms with Crippen LogP contribution in [0.1, 0.15) is 18.9 Å². The molecule has 7 heteroatoms. The van der Waals surface area contributed by atoms with Crippen LogP contribution in [0.15, 0.2) is 24.3 Å². The summed E-state index contributed by atoms with van der Waals surface area (Å²) >= 11 is 0. The number of hydrogen-bond donors (Lipinski definition) is 2. The van der Waals surface area contributed by atoms with Crippen molar-refractivity contribution in [2.24, 2.45) is 0 Å². The van der Waals surface area contributed by atoms with Crippen molar-refractivity contribution in [3.63, 3.8) is 0 Å². The molecule has 21 heavy (non-hydrogen) atoms. The third kappa shape index (κ3) is 3.57. The van der Waals surface area contributed by atoms with Gasteiger partial charge in [-0.15, -0.1) is 0 Å². The first-order chi connectivity index (χ1) is 10.1. The van der Waals surface area contributed by atoms with E-state index in [1.165, 1.54) is 24.3 Å². The number of benzene rings is 1. The number of nitrogen functional groups attached to an aromatic ring is 1. The Labute approximate surface area is 121 Å². The molecular formula is C14H14FN5O. The molecule has 0 amide bonds. The monoisotopic (exact) mass is 287 g/mol. The topological polar surface area (TPSA) is 96.8 Å². The van der Waals surface area contributed by atoms with Crippen LogP contribution >= 0.6 is 0 Å². The first-order valence-electron chi connectivity index (χ1n) is 6.39. The van der Waals surface area contributed by atoms with E-state index in [1.807, 2.05) is 6.92 Å². The van der Waals surface area contributed by atoms with Crippen molar-refractivity contribution >= 4 is 11.8 Å². The van der Waals surface area contributed by atoms with Crippen LogP contribution in [0.25, 0.3) is 0 Å². The van der Waals surface area contributed by atoms with E-state index in [9.17, 15) is 4.39 Å². The largest absolute Gasteiger partial charge is 0.437 e. The van der Waals surface area contributed by atoms with Crippen LogP contribution < -0.4 is 15.8 Å². The van der Waals surface area contributed by atoms with Gasteiger partial charge in [0.15, 0.2) is 0 Å². The number of nitrogens with zero attached hydrogens (tertiary/aromatic N) is 3. The van der Waals surface area contributed by atoms with Crippen molar-refractivity contribution in [1.29, 1.82) is 5.26 Å². The Hall–Kier alpha value is -2.88. The van der Waals surface area contributed by atoms with E-state index in [1.54, 1.807) is 6.07 Å². The van der Waals surface area contributed by atoms with Crippen molar-refractivity contribution in [3.05, 3.63) is 35.6 Å². The molecule has 1 aromatic heterocycles. The molecular weight excluding hydrogens is 273 g/mol. The van der Waals surface area contributed by atoms with Gasteiger partial charge in [0.1, 0.15) is 29.0 Å². The molecule has 6 nitrogen and oxygen atoms in total. The molecule has 2 aromatic rings. The summed E-state index contributed by atoms with van der Waals surface area (Å²) in [5.74, 6) is 0.108. The van der Waals surface area contributed by atoms with Gasteiger partial charge in [-0.05, 0) is 18.6 Å². The minimum Gasteiger partial charge on any atom is -0.437 e. The number of hydrogen-bond acceptors (Lipinski definition) is 6. The minimum absolute atomic E-state index is 0.0287. The lowest BCUT2D eigenvalue weighted by atomic mass is 10.2. The highest BCUT2D eigenvalue weighted by atomic mass is 19.1. The summed E-state index contributed by atoms with van der Waals surface area (Å²) in [5, 5.41) is 12.0. The Kier molecular flexibility index (Phi) is 4.51. The van der Waals surface area contributed by atoms with E-state index < -0.39 is 5.82 Å². The molecule has 108 valence electrons. The van der Waals surface area contributed by atoms with Crippen LogP contribution in [0.3, 0.4) is 0 Å². The second kappa shape index (κ2) is 6.52. The van der Waals surface area contributed by atoms with Gasteiger partial charge in [-0.25, -0.2) is 4.39 Å². The van der Waals surface area contributed by atoms with Crippen LogP contribution in [-0.2, 0) is 0 Å². The smallest absolute Gasteiger partial charge is 0.226 e. The summed E-state index contributed by atoms with van der Waals surface area (Å²) in [7, 11) is 0. The molecule has 0 saturated carbocycles. The van der Waals surface area contributed by atoms with Crippen LogP contribution in [0, 0.1) is 17.1 Å². The molecule has 2 rings (SSSR count). The zero-order chi connectivity index (χ0) is 15.2. The van der Waals surface area contributed by atoms with E-state index in [4.69, 9.17) is 15.7 Å². The molecule has 1 heterocycles. The quantitative estimate of drug-likeness (QED) is 0.877. The number of ether oxygens (including phenoxy) is 1. The van der Waals surface area contributed by atoms with Crippen molar-refractivity contribution in [2.75, 3.05) is 17.6 Å². The number of aromatic nitrogens is 2. The SMILES string of the molecule is CCCNc1cc(Oc2cccc(F)c2C#N)nc(N)n1. The van der Waals surface area contributed by atoms with Gasteiger partial charge in [0, 0.05) is 12.6 Å². The molecule has 0 spiro atoms. The highest BCUT2D eigenvalue weighted by Gasteiger charge is 2.11. The molecule has 0 aliphatic rings. The number of anilines is 2. The molecule has 0 atom stereocenters. The summed E-state index contributed by atoms with van der Waals surface area (Å²) in [6, 6.07) is 7.42. The lowest BCUT2D eigenvalue weighted by Gasteiger charge is -2.09. The molecule has 3 N–H and O–H groups in total. The summed E-state index contributed by atoms with van der Waals surface area (Å²) in [6.45, 7) is 2.74. The molecule has 1 aromatic carbocycles. The normalized spacial score (nSPS) is 9.95. The summed E-state index contributed by atoms with van der Waals surface area (Å²) in [5.41, 5.74) is 5.42. The van der Waals surface area contributed by atoms with Gasteiger partial charge in [0.2, 0.25) is 11.8 Å². The molecule has 0 fully saturated rings. The van der Waals surface area contributed by atoms with E-state index in [0.29, 0.717) is 5.82 Å². The zero-order valence-electron chi connectivity index (χ0n) is 11.4. The second-order valence-corrected chi connectivity index (χ2v) is 4.20. The van der Waals surface area contributed by atoms with Gasteiger partial charge >= 0.3 is 0 Å². The van der Waals surface area contributed by atoms with Crippen LogP contribution in [0.2, 0.25) is 0 Å². The average molecular weight is 287 g/mol. The van der Waals surface area contributed by atoms with Crippen LogP contribution in [-0.4, -0.2) is 16.5 Å². The Morgan fingerprint density at radius 3 is 2.95 bits per heavy atom. The first-order valence-corrected chi connectivity index (χ1v) is 6.39. The highest BCUT2D eigenvalue weighted by Crippen LogP contribution is 2.26. The van der Waals surface area contributed by atoms with Crippen molar-refractivity contribution in [1.82, 2.24) is 9.97 Å². The van der Waals surface area contributed by atoms with Gasteiger partial charge in [-0.1, -0.05) is 13.0 Å². The Morgan fingerprint density at radius 1 is 1.43 bits per heavy atom. The molecule has 0 radical (unpaired) electrons. The van der Waals surface area contributed by atoms with Crippen LogP contribution in [0.4, 0.5) is 16.2 Å². The number of nitrogens with one attached hydrogen (secondary N) is 1. The van der Waals surface area contributed by atoms with Gasteiger partial charge in [0.05, 0.1) is 0 Å². The van der Waals surface area contributed by atoms with Gasteiger partial charge in [-0.3, -0.25) is 0 Å². The molecule has 0 bridgehead atoms. The van der Waals surface area contributed by atoms with Gasteiger partial charge in [0.25, 0.3) is 0 Å². The van der Waals surface area contributed by atoms with Crippen molar-refractivity contribution < 1.29 is 9.13 Å². The fraction of sp³-hybridized carbons (Fsp3) is 0.214. The Morgan fingerprint density at radius 2 is 2.24 bits per heavy atom. The number of halogens is 1. The lowest BCUT2D eigenvalue weighted by Crippen LogP contribution is -2.06. The van der Waals surface area contributed by atoms with E-state index in [2.05, 4.69) is 15.3 Å². The summed E-state index contributed by atoms with van der Waals surface area (Å²) < 4.78 is 19.0. The van der Waals surface area contributed by atoms with E-state index in [0.717, 1.165) is 13.0 Å². The maximum absolute atomic E-state index is 13.5. The molecule has 0 aliphatic heterocycles. The maximum Gasteiger partial charge on any atom is 0.226 e. The Balaban J connectivity index is 2.30. The predicted octanol–water partition coefficient (Wildman–Crippen LogP) is 2.68. The first kappa shape index (κ1) is 14.5. The number of nitrogens with two attached hydrogens (primary N) is 1. The number of rotatable bonds is 5. The third-order valence-corrected chi connectivity index (χ3v) is 2.58. The third-order valence-electron chi connectivity index (χ3n) is 2.58. The van der Waals surface area contributed by atoms with Crippen molar-refractivity contribution in [3.8, 4) is 17.7 Å². The van der Waals surface area contributed by atoms with Crippen LogP contribution in [0.5, 0.6) is 11.6 Å². The van der Waals surface area contributed by atoms with Gasteiger partial charge < -0.3 is 15.8 Å². The average Bonchev–Trinajstić information content (AvgIpc) is 2.45. The van der Waals surface area contributed by atoms with Gasteiger partial charge in [-0.2, -0.15) is 15.2 Å². The molecule has 0 unspecified atom stereocenters. The summed E-state index contributed by atoms with van der Waals surface area (Å²) in [6.07, 6.45) is 0.919. The number of nitriles is 1. The van der Waals surface area contributed by atoms with Crippen molar-refractivity contribution in [2.45, 2.75) is 13.3 Å². The summed E-state index contributed by atoms with van der Waals surface area (Å²) in [4.78, 5) is 7.92. The zero-order valence-corrected chi connectivity index (χ0v) is 11.4.